The lowest BCUT2D eigenvalue weighted by Crippen LogP contribution is -2.47. The van der Waals surface area contributed by atoms with Crippen molar-refractivity contribution in [3.05, 3.63) is 35.6 Å². The zero-order chi connectivity index (χ0) is 17.1. The van der Waals surface area contributed by atoms with E-state index in [9.17, 15) is 18.8 Å². The number of amides is 4. The van der Waals surface area contributed by atoms with Crippen LogP contribution in [0.5, 0.6) is 0 Å². The van der Waals surface area contributed by atoms with Gasteiger partial charge in [-0.15, -0.1) is 0 Å². The van der Waals surface area contributed by atoms with Crippen LogP contribution in [0.1, 0.15) is 25.8 Å². The summed E-state index contributed by atoms with van der Waals surface area (Å²) in [6.45, 7) is 3.45. The minimum absolute atomic E-state index is 0.0558. The quantitative estimate of drug-likeness (QED) is 0.839. The summed E-state index contributed by atoms with van der Waals surface area (Å²) in [7, 11) is 1.50. The summed E-state index contributed by atoms with van der Waals surface area (Å²) in [5.41, 5.74) is 3.15. The summed E-state index contributed by atoms with van der Waals surface area (Å²) in [4.78, 5) is 37.0. The number of carbonyl (C=O) groups excluding carboxylic acids is 3. The van der Waals surface area contributed by atoms with Crippen LogP contribution < -0.4 is 5.43 Å². The van der Waals surface area contributed by atoms with Crippen molar-refractivity contribution in [2.24, 2.45) is 5.92 Å². The van der Waals surface area contributed by atoms with Crippen molar-refractivity contribution in [3.63, 3.8) is 0 Å². The highest BCUT2D eigenvalue weighted by atomic mass is 19.1. The molecule has 23 heavy (non-hydrogen) atoms. The van der Waals surface area contributed by atoms with E-state index in [0.717, 1.165) is 10.6 Å². The molecule has 1 aromatic rings. The van der Waals surface area contributed by atoms with Crippen molar-refractivity contribution in [1.29, 1.82) is 0 Å². The molecule has 7 heteroatoms. The Labute approximate surface area is 134 Å². The van der Waals surface area contributed by atoms with Gasteiger partial charge < -0.3 is 4.90 Å². The smallest absolute Gasteiger partial charge is 0.314 e. The Morgan fingerprint density at radius 1 is 1.39 bits per heavy atom. The molecule has 6 nitrogen and oxygen atoms in total. The second kappa shape index (κ2) is 6.76. The van der Waals surface area contributed by atoms with Crippen molar-refractivity contribution in [1.82, 2.24) is 15.3 Å². The van der Waals surface area contributed by atoms with Crippen LogP contribution in [0, 0.1) is 11.7 Å². The molecule has 1 heterocycles. The van der Waals surface area contributed by atoms with Crippen molar-refractivity contribution in [3.8, 4) is 0 Å². The molecule has 1 aliphatic heterocycles. The fraction of sp³-hybridized carbons (Fsp3) is 0.438. The third kappa shape index (κ3) is 3.85. The van der Waals surface area contributed by atoms with E-state index < -0.39 is 23.9 Å². The largest absolute Gasteiger partial charge is 0.346 e. The standard InChI is InChI=1S/C16H20FN3O3/c1-10(7-12-5-4-6-13(17)9-12)8-14(21)18-20-15(22)11(2)19(3)16(20)23/h4-6,9-11H,7-8H2,1-3H3,(H,18,21). The Bertz CT molecular complexity index is 615. The maximum Gasteiger partial charge on any atom is 0.346 e. The summed E-state index contributed by atoms with van der Waals surface area (Å²) in [6.07, 6.45) is 0.662. The fourth-order valence-electron chi connectivity index (χ4n) is 2.50. The molecule has 1 N–H and O–H groups in total. The molecule has 1 aromatic carbocycles. The van der Waals surface area contributed by atoms with Crippen LogP contribution in [-0.4, -0.2) is 40.8 Å². The molecule has 4 amide bonds. The van der Waals surface area contributed by atoms with Gasteiger partial charge in [0.2, 0.25) is 5.91 Å². The SMILES string of the molecule is CC(CC(=O)NN1C(=O)C(C)N(C)C1=O)Cc1cccc(F)c1. The summed E-state index contributed by atoms with van der Waals surface area (Å²) in [5, 5.41) is 0.752. The van der Waals surface area contributed by atoms with Gasteiger partial charge in [0.05, 0.1) is 0 Å². The van der Waals surface area contributed by atoms with E-state index >= 15 is 0 Å². The van der Waals surface area contributed by atoms with E-state index in [1.54, 1.807) is 19.1 Å². The lowest BCUT2D eigenvalue weighted by Gasteiger charge is -2.17. The summed E-state index contributed by atoms with van der Waals surface area (Å²) >= 11 is 0. The predicted octanol–water partition coefficient (Wildman–Crippen LogP) is 1.71. The minimum Gasteiger partial charge on any atom is -0.314 e. The Hall–Kier alpha value is -2.44. The molecule has 1 fully saturated rings. The van der Waals surface area contributed by atoms with Crippen LogP contribution in [0.3, 0.4) is 0 Å². The van der Waals surface area contributed by atoms with Crippen LogP contribution in [0.25, 0.3) is 0 Å². The summed E-state index contributed by atoms with van der Waals surface area (Å²) in [6, 6.07) is 5.07. The first-order valence-electron chi connectivity index (χ1n) is 7.44. The number of nitrogens with zero attached hydrogens (tertiary/aromatic N) is 2. The Morgan fingerprint density at radius 3 is 2.65 bits per heavy atom. The van der Waals surface area contributed by atoms with Gasteiger partial charge in [-0.25, -0.2) is 9.18 Å². The van der Waals surface area contributed by atoms with Crippen LogP contribution in [0.2, 0.25) is 0 Å². The van der Waals surface area contributed by atoms with Gasteiger partial charge in [0.1, 0.15) is 11.9 Å². The van der Waals surface area contributed by atoms with Crippen LogP contribution in [0.15, 0.2) is 24.3 Å². The average Bonchev–Trinajstić information content (AvgIpc) is 2.65. The Kier molecular flexibility index (Phi) is 4.98. The molecule has 0 spiro atoms. The van der Waals surface area contributed by atoms with Crippen LogP contribution in [0.4, 0.5) is 9.18 Å². The summed E-state index contributed by atoms with van der Waals surface area (Å²) in [5.74, 6) is -1.24. The van der Waals surface area contributed by atoms with Gasteiger partial charge in [-0.3, -0.25) is 15.0 Å². The number of hydrazine groups is 1. The molecular formula is C16H20FN3O3. The van der Waals surface area contributed by atoms with Crippen molar-refractivity contribution < 1.29 is 18.8 Å². The fourth-order valence-corrected chi connectivity index (χ4v) is 2.50. The van der Waals surface area contributed by atoms with Crippen molar-refractivity contribution in [2.75, 3.05) is 7.05 Å². The van der Waals surface area contributed by atoms with Gasteiger partial charge in [0.15, 0.2) is 0 Å². The molecule has 1 saturated heterocycles. The zero-order valence-electron chi connectivity index (χ0n) is 13.4. The average molecular weight is 321 g/mol. The Balaban J connectivity index is 1.89. The lowest BCUT2D eigenvalue weighted by molar-refractivity contribution is -0.136. The van der Waals surface area contributed by atoms with Crippen LogP contribution in [-0.2, 0) is 16.0 Å². The van der Waals surface area contributed by atoms with E-state index in [2.05, 4.69) is 5.43 Å². The number of nitrogens with one attached hydrogen (secondary N) is 1. The van der Waals surface area contributed by atoms with Crippen molar-refractivity contribution in [2.45, 2.75) is 32.7 Å². The van der Waals surface area contributed by atoms with E-state index in [-0.39, 0.29) is 18.2 Å². The third-order valence-electron chi connectivity index (χ3n) is 3.90. The van der Waals surface area contributed by atoms with E-state index in [4.69, 9.17) is 0 Å². The topological polar surface area (TPSA) is 69.7 Å². The molecule has 2 atom stereocenters. The number of rotatable bonds is 5. The highest BCUT2D eigenvalue weighted by Gasteiger charge is 2.41. The molecule has 0 saturated carbocycles. The molecule has 124 valence electrons. The molecule has 0 radical (unpaired) electrons. The molecule has 2 unspecified atom stereocenters. The maximum absolute atomic E-state index is 13.1. The third-order valence-corrected chi connectivity index (χ3v) is 3.90. The van der Waals surface area contributed by atoms with E-state index in [1.807, 2.05) is 6.92 Å². The Morgan fingerprint density at radius 2 is 2.09 bits per heavy atom. The molecule has 0 aromatic heterocycles. The van der Waals surface area contributed by atoms with Crippen LogP contribution >= 0.6 is 0 Å². The first-order valence-corrected chi connectivity index (χ1v) is 7.44. The lowest BCUT2D eigenvalue weighted by atomic mass is 9.98. The van der Waals surface area contributed by atoms with Gasteiger partial charge in [-0.05, 0) is 37.0 Å². The van der Waals surface area contributed by atoms with Gasteiger partial charge >= 0.3 is 6.03 Å². The van der Waals surface area contributed by atoms with Gasteiger partial charge in [0.25, 0.3) is 5.91 Å². The molecular weight excluding hydrogens is 301 g/mol. The van der Waals surface area contributed by atoms with Crippen molar-refractivity contribution >= 4 is 17.8 Å². The predicted molar refractivity (Wildman–Crippen MR) is 81.5 cm³/mol. The molecule has 0 bridgehead atoms. The monoisotopic (exact) mass is 321 g/mol. The number of hydrogen-bond acceptors (Lipinski definition) is 3. The number of likely N-dealkylation sites (N-methyl/N-ethyl adjacent to an activating group) is 1. The number of imide groups is 1. The second-order valence-electron chi connectivity index (χ2n) is 5.92. The zero-order valence-corrected chi connectivity index (χ0v) is 13.4. The first-order chi connectivity index (χ1) is 10.8. The highest BCUT2D eigenvalue weighted by molar-refractivity contribution is 6.04. The maximum atomic E-state index is 13.1. The normalized spacial score (nSPS) is 19.2. The van der Waals surface area contributed by atoms with E-state index in [0.29, 0.717) is 6.42 Å². The number of hydrogen-bond donors (Lipinski definition) is 1. The molecule has 1 aliphatic rings. The second-order valence-corrected chi connectivity index (χ2v) is 5.92. The number of benzene rings is 1. The number of carbonyl (C=O) groups is 3. The summed E-state index contributed by atoms with van der Waals surface area (Å²) < 4.78 is 13.1. The molecule has 0 aliphatic carbocycles. The minimum atomic E-state index is -0.590. The number of urea groups is 1. The van der Waals surface area contributed by atoms with Gasteiger partial charge in [-0.1, -0.05) is 19.1 Å². The highest BCUT2D eigenvalue weighted by Crippen LogP contribution is 2.15. The van der Waals surface area contributed by atoms with Gasteiger partial charge in [0, 0.05) is 13.5 Å². The van der Waals surface area contributed by atoms with E-state index in [1.165, 1.54) is 24.1 Å². The molecule has 2 rings (SSSR count). The van der Waals surface area contributed by atoms with Gasteiger partial charge in [-0.2, -0.15) is 5.01 Å². The first kappa shape index (κ1) is 16.9. The number of halogens is 1.